The molecule has 1 aliphatic rings. The predicted molar refractivity (Wildman–Crippen MR) is 75.7 cm³/mol. The SMILES string of the molecule is CC(N[C@@H](C)c1ccncc1)C(=O)N1CCCCC1. The Morgan fingerprint density at radius 1 is 1.21 bits per heavy atom. The maximum absolute atomic E-state index is 12.3. The van der Waals surface area contributed by atoms with Crippen LogP contribution in [0, 0.1) is 0 Å². The first-order valence-corrected chi connectivity index (χ1v) is 7.13. The Morgan fingerprint density at radius 3 is 2.47 bits per heavy atom. The molecule has 1 aliphatic heterocycles. The Bertz CT molecular complexity index is 401. The minimum absolute atomic E-state index is 0.138. The van der Waals surface area contributed by atoms with Gasteiger partial charge in [0.1, 0.15) is 0 Å². The van der Waals surface area contributed by atoms with Crippen LogP contribution in [0.1, 0.15) is 44.7 Å². The fourth-order valence-electron chi connectivity index (χ4n) is 2.58. The molecule has 2 rings (SSSR count). The zero-order valence-electron chi connectivity index (χ0n) is 11.8. The monoisotopic (exact) mass is 261 g/mol. The van der Waals surface area contributed by atoms with Crippen LogP contribution in [0.4, 0.5) is 0 Å². The molecule has 1 N–H and O–H groups in total. The quantitative estimate of drug-likeness (QED) is 0.903. The molecular formula is C15H23N3O. The second-order valence-electron chi connectivity index (χ2n) is 5.28. The number of carbonyl (C=O) groups is 1. The number of piperidine rings is 1. The molecule has 1 aromatic rings. The minimum Gasteiger partial charge on any atom is -0.341 e. The number of aromatic nitrogens is 1. The van der Waals surface area contributed by atoms with Gasteiger partial charge in [0.05, 0.1) is 6.04 Å². The summed E-state index contributed by atoms with van der Waals surface area (Å²) in [4.78, 5) is 18.3. The molecule has 0 radical (unpaired) electrons. The summed E-state index contributed by atoms with van der Waals surface area (Å²) in [5, 5.41) is 3.37. The van der Waals surface area contributed by atoms with Crippen LogP contribution in [0.15, 0.2) is 24.5 Å². The van der Waals surface area contributed by atoms with Crippen LogP contribution in [0.3, 0.4) is 0 Å². The summed E-state index contributed by atoms with van der Waals surface area (Å²) >= 11 is 0. The summed E-state index contributed by atoms with van der Waals surface area (Å²) in [5.41, 5.74) is 1.16. The Morgan fingerprint density at radius 2 is 1.84 bits per heavy atom. The smallest absolute Gasteiger partial charge is 0.239 e. The lowest BCUT2D eigenvalue weighted by molar-refractivity contribution is -0.134. The van der Waals surface area contributed by atoms with E-state index in [-0.39, 0.29) is 18.0 Å². The van der Waals surface area contributed by atoms with Crippen molar-refractivity contribution >= 4 is 5.91 Å². The van der Waals surface area contributed by atoms with Gasteiger partial charge in [0, 0.05) is 31.5 Å². The Hall–Kier alpha value is -1.42. The second kappa shape index (κ2) is 6.66. The van der Waals surface area contributed by atoms with Gasteiger partial charge in [-0.1, -0.05) is 0 Å². The van der Waals surface area contributed by atoms with Crippen molar-refractivity contribution in [3.8, 4) is 0 Å². The summed E-state index contributed by atoms with van der Waals surface area (Å²) in [5.74, 6) is 0.223. The summed E-state index contributed by atoms with van der Waals surface area (Å²) in [7, 11) is 0. The van der Waals surface area contributed by atoms with Crippen molar-refractivity contribution in [2.45, 2.75) is 45.2 Å². The molecule has 4 heteroatoms. The molecule has 0 aliphatic carbocycles. The maximum atomic E-state index is 12.3. The molecule has 2 atom stereocenters. The maximum Gasteiger partial charge on any atom is 0.239 e. The van der Waals surface area contributed by atoms with E-state index in [2.05, 4.69) is 17.2 Å². The first kappa shape index (κ1) is 14.0. The number of pyridine rings is 1. The molecule has 1 saturated heterocycles. The van der Waals surface area contributed by atoms with E-state index in [0.29, 0.717) is 0 Å². The fraction of sp³-hybridized carbons (Fsp3) is 0.600. The van der Waals surface area contributed by atoms with E-state index < -0.39 is 0 Å². The van der Waals surface area contributed by atoms with Crippen molar-refractivity contribution in [1.29, 1.82) is 0 Å². The van der Waals surface area contributed by atoms with Gasteiger partial charge in [0.15, 0.2) is 0 Å². The van der Waals surface area contributed by atoms with E-state index in [4.69, 9.17) is 0 Å². The molecule has 0 aromatic carbocycles. The molecule has 0 bridgehead atoms. The molecule has 1 aromatic heterocycles. The van der Waals surface area contributed by atoms with Crippen LogP contribution in [0.25, 0.3) is 0 Å². The highest BCUT2D eigenvalue weighted by Gasteiger charge is 2.23. The molecule has 1 unspecified atom stereocenters. The van der Waals surface area contributed by atoms with Gasteiger partial charge in [0.2, 0.25) is 5.91 Å². The minimum atomic E-state index is -0.138. The average molecular weight is 261 g/mol. The highest BCUT2D eigenvalue weighted by molar-refractivity contribution is 5.81. The molecule has 1 fully saturated rings. The lowest BCUT2D eigenvalue weighted by Gasteiger charge is -2.30. The number of carbonyl (C=O) groups excluding carboxylic acids is 1. The lowest BCUT2D eigenvalue weighted by Crippen LogP contribution is -2.47. The Labute approximate surface area is 115 Å². The van der Waals surface area contributed by atoms with Crippen molar-refractivity contribution in [3.05, 3.63) is 30.1 Å². The van der Waals surface area contributed by atoms with Crippen molar-refractivity contribution in [2.75, 3.05) is 13.1 Å². The number of nitrogens with one attached hydrogen (secondary N) is 1. The van der Waals surface area contributed by atoms with Crippen molar-refractivity contribution < 1.29 is 4.79 Å². The van der Waals surface area contributed by atoms with Gasteiger partial charge in [-0.25, -0.2) is 0 Å². The average Bonchev–Trinajstić information content (AvgIpc) is 2.48. The number of nitrogens with zero attached hydrogens (tertiary/aromatic N) is 2. The van der Waals surface area contributed by atoms with Gasteiger partial charge in [-0.3, -0.25) is 15.1 Å². The number of hydrogen-bond acceptors (Lipinski definition) is 3. The summed E-state index contributed by atoms with van der Waals surface area (Å²) in [6, 6.07) is 3.99. The largest absolute Gasteiger partial charge is 0.341 e. The molecule has 2 heterocycles. The van der Waals surface area contributed by atoms with Crippen molar-refractivity contribution in [1.82, 2.24) is 15.2 Å². The van der Waals surface area contributed by atoms with E-state index in [1.165, 1.54) is 6.42 Å². The molecule has 104 valence electrons. The van der Waals surface area contributed by atoms with Gasteiger partial charge >= 0.3 is 0 Å². The standard InChI is InChI=1S/C15H23N3O/c1-12(14-6-8-16-9-7-14)17-13(2)15(19)18-10-4-3-5-11-18/h6-9,12-13,17H,3-5,10-11H2,1-2H3/t12-,13?/m0/s1. The van der Waals surface area contributed by atoms with E-state index >= 15 is 0 Å². The summed E-state index contributed by atoms with van der Waals surface area (Å²) in [6.45, 7) is 5.85. The first-order chi connectivity index (χ1) is 9.18. The Kier molecular flexibility index (Phi) is 4.91. The second-order valence-corrected chi connectivity index (χ2v) is 5.28. The van der Waals surface area contributed by atoms with Crippen LogP contribution >= 0.6 is 0 Å². The molecule has 0 spiro atoms. The molecule has 4 nitrogen and oxygen atoms in total. The number of likely N-dealkylation sites (tertiary alicyclic amines) is 1. The third-order valence-corrected chi connectivity index (χ3v) is 3.74. The molecular weight excluding hydrogens is 238 g/mol. The highest BCUT2D eigenvalue weighted by Crippen LogP contribution is 2.14. The normalized spacial score (nSPS) is 18.9. The van der Waals surface area contributed by atoms with Gasteiger partial charge in [-0.05, 0) is 50.8 Å². The van der Waals surface area contributed by atoms with E-state index in [9.17, 15) is 4.79 Å². The molecule has 19 heavy (non-hydrogen) atoms. The summed E-state index contributed by atoms with van der Waals surface area (Å²) in [6.07, 6.45) is 7.09. The van der Waals surface area contributed by atoms with E-state index in [1.807, 2.05) is 24.0 Å². The third kappa shape index (κ3) is 3.77. The summed E-state index contributed by atoms with van der Waals surface area (Å²) < 4.78 is 0. The van der Waals surface area contributed by atoms with Gasteiger partial charge < -0.3 is 4.90 Å². The van der Waals surface area contributed by atoms with Gasteiger partial charge in [-0.15, -0.1) is 0 Å². The van der Waals surface area contributed by atoms with E-state index in [1.54, 1.807) is 12.4 Å². The number of amides is 1. The molecule has 0 saturated carbocycles. The van der Waals surface area contributed by atoms with Crippen molar-refractivity contribution in [2.24, 2.45) is 0 Å². The topological polar surface area (TPSA) is 45.2 Å². The van der Waals surface area contributed by atoms with Crippen LogP contribution < -0.4 is 5.32 Å². The fourth-order valence-corrected chi connectivity index (χ4v) is 2.58. The van der Waals surface area contributed by atoms with Crippen molar-refractivity contribution in [3.63, 3.8) is 0 Å². The Balaban J connectivity index is 1.89. The van der Waals surface area contributed by atoms with Crippen LogP contribution in [-0.4, -0.2) is 34.9 Å². The van der Waals surface area contributed by atoms with Gasteiger partial charge in [-0.2, -0.15) is 0 Å². The zero-order valence-corrected chi connectivity index (χ0v) is 11.8. The lowest BCUT2D eigenvalue weighted by atomic mass is 10.1. The zero-order chi connectivity index (χ0) is 13.7. The van der Waals surface area contributed by atoms with Gasteiger partial charge in [0.25, 0.3) is 0 Å². The van der Waals surface area contributed by atoms with E-state index in [0.717, 1.165) is 31.5 Å². The molecule has 1 amide bonds. The number of rotatable bonds is 4. The van der Waals surface area contributed by atoms with Crippen LogP contribution in [0.5, 0.6) is 0 Å². The predicted octanol–water partition coefficient (Wildman–Crippen LogP) is 2.13. The van der Waals surface area contributed by atoms with Crippen LogP contribution in [-0.2, 0) is 4.79 Å². The third-order valence-electron chi connectivity index (χ3n) is 3.74. The number of hydrogen-bond donors (Lipinski definition) is 1. The van der Waals surface area contributed by atoms with Crippen LogP contribution in [0.2, 0.25) is 0 Å². The first-order valence-electron chi connectivity index (χ1n) is 7.13. The highest BCUT2D eigenvalue weighted by atomic mass is 16.2.